The molecule has 2 heterocycles. The minimum absolute atomic E-state index is 0.0251. The molecule has 0 unspecified atom stereocenters. The van der Waals surface area contributed by atoms with Gasteiger partial charge in [-0.15, -0.1) is 0 Å². The number of alkyl halides is 1. The summed E-state index contributed by atoms with van der Waals surface area (Å²) in [5.41, 5.74) is -1.23. The van der Waals surface area contributed by atoms with Crippen LogP contribution < -0.4 is 5.32 Å². The molecule has 1 fully saturated rings. The molecule has 0 saturated carbocycles. The molecule has 0 bridgehead atoms. The maximum absolute atomic E-state index is 12.7. The van der Waals surface area contributed by atoms with E-state index in [2.05, 4.69) is 21.2 Å². The molecule has 9 heteroatoms. The van der Waals surface area contributed by atoms with E-state index in [9.17, 15) is 19.2 Å². The summed E-state index contributed by atoms with van der Waals surface area (Å²) < 4.78 is 10.6. The van der Waals surface area contributed by atoms with Crippen LogP contribution in [0.1, 0.15) is 54.4 Å². The number of ether oxygens (including phenoxy) is 2. The molecule has 0 radical (unpaired) electrons. The van der Waals surface area contributed by atoms with Crippen molar-refractivity contribution in [3.05, 3.63) is 11.3 Å². The summed E-state index contributed by atoms with van der Waals surface area (Å²) in [5.74, 6) is -1.45. The second kappa shape index (κ2) is 7.85. The molecule has 2 atom stereocenters. The Morgan fingerprint density at radius 1 is 1.11 bits per heavy atom. The number of amides is 2. The number of ketones is 1. The predicted molar refractivity (Wildman–Crippen MR) is 105 cm³/mol. The molecule has 0 aromatic heterocycles. The van der Waals surface area contributed by atoms with Gasteiger partial charge in [0.15, 0.2) is 5.78 Å². The maximum atomic E-state index is 12.7. The van der Waals surface area contributed by atoms with Gasteiger partial charge in [0.2, 0.25) is 0 Å². The van der Waals surface area contributed by atoms with Crippen LogP contribution in [-0.4, -0.2) is 57.3 Å². The Balaban J connectivity index is 2.26. The summed E-state index contributed by atoms with van der Waals surface area (Å²) in [5, 5.41) is 2.61. The van der Waals surface area contributed by atoms with Crippen molar-refractivity contribution in [3.63, 3.8) is 0 Å². The lowest BCUT2D eigenvalue weighted by Crippen LogP contribution is -2.72. The van der Waals surface area contributed by atoms with Gasteiger partial charge in [0.05, 0.1) is 11.4 Å². The van der Waals surface area contributed by atoms with Crippen LogP contribution in [0.15, 0.2) is 11.3 Å². The number of rotatable bonds is 4. The molecular weight excluding hydrogens is 432 g/mol. The Bertz CT molecular complexity index is 732. The first-order chi connectivity index (χ1) is 12.7. The molecule has 0 aromatic rings. The maximum Gasteiger partial charge on any atom is 0.408 e. The standard InChI is InChI=1S/C19H27BrN2O6/c1-18(2,3)27-16(25)14-10(12(23)9-20)7-8-11-13(15(24)22(11)14)21-17(26)28-19(4,5)6/h11,13H,7-9H2,1-6H3,(H,21,26)/t11-,13+/m1/s1. The zero-order chi connectivity index (χ0) is 21.4. The van der Waals surface area contributed by atoms with Crippen LogP contribution in [0.2, 0.25) is 0 Å². The van der Waals surface area contributed by atoms with Crippen molar-refractivity contribution in [1.29, 1.82) is 0 Å². The number of nitrogens with zero attached hydrogens (tertiary/aromatic N) is 1. The Labute approximate surface area is 173 Å². The number of esters is 1. The first kappa shape index (κ1) is 22.4. The second-order valence-corrected chi connectivity index (χ2v) is 9.38. The molecule has 28 heavy (non-hydrogen) atoms. The summed E-state index contributed by atoms with van der Waals surface area (Å²) in [6.45, 7) is 10.3. The van der Waals surface area contributed by atoms with Crippen molar-refractivity contribution in [1.82, 2.24) is 10.2 Å². The summed E-state index contributed by atoms with van der Waals surface area (Å²) in [6, 6.07) is -1.22. The molecule has 1 N–H and O–H groups in total. The van der Waals surface area contributed by atoms with Gasteiger partial charge in [0.1, 0.15) is 22.9 Å². The SMILES string of the molecule is CC(C)(C)OC(=O)N[C@@H]1C(=O)N2C(C(=O)OC(C)(C)C)=C(C(=O)CBr)CC[C@H]12. The molecule has 156 valence electrons. The van der Waals surface area contributed by atoms with Crippen molar-refractivity contribution in [3.8, 4) is 0 Å². The fourth-order valence-corrected chi connectivity index (χ4v) is 3.50. The predicted octanol–water partition coefficient (Wildman–Crippen LogP) is 2.44. The number of carbonyl (C=O) groups is 4. The number of allylic oxidation sites excluding steroid dienone is 1. The largest absolute Gasteiger partial charge is 0.455 e. The Morgan fingerprint density at radius 3 is 2.18 bits per heavy atom. The quantitative estimate of drug-likeness (QED) is 0.394. The zero-order valence-corrected chi connectivity index (χ0v) is 18.6. The minimum Gasteiger partial charge on any atom is -0.455 e. The molecule has 0 spiro atoms. The van der Waals surface area contributed by atoms with Gasteiger partial charge in [-0.05, 0) is 54.4 Å². The van der Waals surface area contributed by atoms with E-state index in [4.69, 9.17) is 9.47 Å². The monoisotopic (exact) mass is 458 g/mol. The summed E-state index contributed by atoms with van der Waals surface area (Å²) >= 11 is 3.12. The van der Waals surface area contributed by atoms with Gasteiger partial charge in [-0.3, -0.25) is 14.5 Å². The number of carbonyl (C=O) groups excluding carboxylic acids is 4. The van der Waals surface area contributed by atoms with Gasteiger partial charge in [0, 0.05) is 5.57 Å². The number of hydrogen-bond donors (Lipinski definition) is 1. The highest BCUT2D eigenvalue weighted by atomic mass is 79.9. The highest BCUT2D eigenvalue weighted by Crippen LogP contribution is 2.38. The van der Waals surface area contributed by atoms with Gasteiger partial charge in [-0.2, -0.15) is 0 Å². The molecule has 0 aromatic carbocycles. The van der Waals surface area contributed by atoms with Gasteiger partial charge < -0.3 is 14.8 Å². The third kappa shape index (κ3) is 4.92. The number of β-lactam (4-membered cyclic amide) rings is 1. The van der Waals surface area contributed by atoms with Gasteiger partial charge in [0.25, 0.3) is 5.91 Å². The van der Waals surface area contributed by atoms with E-state index in [0.717, 1.165) is 0 Å². The summed E-state index contributed by atoms with van der Waals surface area (Å²) in [6.07, 6.45) is 0.0719. The average molecular weight is 459 g/mol. The summed E-state index contributed by atoms with van der Waals surface area (Å²) in [7, 11) is 0. The number of fused-ring (bicyclic) bond motifs is 1. The zero-order valence-electron chi connectivity index (χ0n) is 17.1. The van der Waals surface area contributed by atoms with E-state index in [1.807, 2.05) is 0 Å². The third-order valence-corrected chi connectivity index (χ3v) is 4.67. The van der Waals surface area contributed by atoms with E-state index in [1.54, 1.807) is 41.5 Å². The van der Waals surface area contributed by atoms with Crippen LogP contribution in [0.5, 0.6) is 0 Å². The number of alkyl carbamates (subject to hydrolysis) is 1. The summed E-state index contributed by atoms with van der Waals surface area (Å²) in [4.78, 5) is 51.1. The van der Waals surface area contributed by atoms with Crippen molar-refractivity contribution < 1.29 is 28.7 Å². The normalized spacial score (nSPS) is 22.2. The lowest BCUT2D eigenvalue weighted by atomic mass is 9.82. The Morgan fingerprint density at radius 2 is 1.68 bits per heavy atom. The third-order valence-electron chi connectivity index (χ3n) is 4.16. The van der Waals surface area contributed by atoms with Crippen LogP contribution in [-0.2, 0) is 23.9 Å². The molecule has 2 aliphatic rings. The Kier molecular flexibility index (Phi) is 6.28. The van der Waals surface area contributed by atoms with Crippen LogP contribution >= 0.6 is 15.9 Å². The van der Waals surface area contributed by atoms with Crippen molar-refractivity contribution in [2.24, 2.45) is 0 Å². The first-order valence-electron chi connectivity index (χ1n) is 9.13. The van der Waals surface area contributed by atoms with Gasteiger partial charge >= 0.3 is 12.1 Å². The van der Waals surface area contributed by atoms with Crippen LogP contribution in [0.4, 0.5) is 4.79 Å². The number of Topliss-reactive ketones (excluding diaryl/α,β-unsaturated/α-hetero) is 1. The van der Waals surface area contributed by atoms with E-state index >= 15 is 0 Å². The molecule has 2 aliphatic heterocycles. The van der Waals surface area contributed by atoms with Crippen molar-refractivity contribution >= 4 is 39.7 Å². The first-order valence-corrected chi connectivity index (χ1v) is 10.3. The molecule has 2 amide bonds. The smallest absolute Gasteiger partial charge is 0.408 e. The number of nitrogens with one attached hydrogen (secondary N) is 1. The van der Waals surface area contributed by atoms with Crippen LogP contribution in [0.25, 0.3) is 0 Å². The van der Waals surface area contributed by atoms with E-state index in [0.29, 0.717) is 12.8 Å². The molecule has 0 aliphatic carbocycles. The fourth-order valence-electron chi connectivity index (χ4n) is 3.17. The van der Waals surface area contributed by atoms with E-state index < -0.39 is 41.3 Å². The Hall–Kier alpha value is -1.90. The highest BCUT2D eigenvalue weighted by molar-refractivity contribution is 9.09. The average Bonchev–Trinajstić information content (AvgIpc) is 2.54. The van der Waals surface area contributed by atoms with E-state index in [1.165, 1.54) is 4.90 Å². The molecule has 1 saturated heterocycles. The lowest BCUT2D eigenvalue weighted by Gasteiger charge is -2.50. The highest BCUT2D eigenvalue weighted by Gasteiger charge is 2.54. The van der Waals surface area contributed by atoms with Crippen molar-refractivity contribution in [2.45, 2.75) is 77.7 Å². The van der Waals surface area contributed by atoms with Crippen LogP contribution in [0, 0.1) is 0 Å². The van der Waals surface area contributed by atoms with Crippen molar-refractivity contribution in [2.75, 3.05) is 5.33 Å². The lowest BCUT2D eigenvalue weighted by molar-refractivity contribution is -0.162. The number of hydrogen-bond acceptors (Lipinski definition) is 6. The van der Waals surface area contributed by atoms with Crippen LogP contribution in [0.3, 0.4) is 0 Å². The number of halogens is 1. The second-order valence-electron chi connectivity index (χ2n) is 8.82. The molecular formula is C19H27BrN2O6. The fraction of sp³-hybridized carbons (Fsp3) is 0.684. The molecule has 8 nitrogen and oxygen atoms in total. The van der Waals surface area contributed by atoms with Gasteiger partial charge in [-0.1, -0.05) is 15.9 Å². The van der Waals surface area contributed by atoms with Gasteiger partial charge in [-0.25, -0.2) is 9.59 Å². The topological polar surface area (TPSA) is 102 Å². The minimum atomic E-state index is -0.798. The van der Waals surface area contributed by atoms with E-state index in [-0.39, 0.29) is 22.4 Å². The molecule has 2 rings (SSSR count).